The Balaban J connectivity index is 2.04. The molecule has 0 bridgehead atoms. The molecule has 1 aliphatic carbocycles. The quantitative estimate of drug-likeness (QED) is 0.734. The zero-order valence-electron chi connectivity index (χ0n) is 9.39. The van der Waals surface area contributed by atoms with E-state index in [1.807, 2.05) is 7.05 Å². The van der Waals surface area contributed by atoms with E-state index in [0.29, 0.717) is 6.04 Å². The fraction of sp³-hybridized carbons (Fsp3) is 1.00. The molecule has 1 saturated carbocycles. The van der Waals surface area contributed by atoms with E-state index in [0.717, 1.165) is 5.92 Å². The van der Waals surface area contributed by atoms with E-state index in [2.05, 4.69) is 11.8 Å². The largest absolute Gasteiger partial charge is 0.325 e. The van der Waals surface area contributed by atoms with Crippen LogP contribution in [-0.4, -0.2) is 50.0 Å². The van der Waals surface area contributed by atoms with E-state index < -0.39 is 9.84 Å². The molecule has 88 valence electrons. The monoisotopic (exact) mass is 232 g/mol. The topological polar surface area (TPSA) is 63.4 Å². The first-order chi connectivity index (χ1) is 6.91. The predicted octanol–water partition coefficient (Wildman–Crippen LogP) is -0.159. The van der Waals surface area contributed by atoms with Crippen molar-refractivity contribution in [3.8, 4) is 0 Å². The summed E-state index contributed by atoms with van der Waals surface area (Å²) in [6.45, 7) is 2.18. The van der Waals surface area contributed by atoms with Crippen LogP contribution in [0.5, 0.6) is 0 Å². The molecular weight excluding hydrogens is 212 g/mol. The Kier molecular flexibility index (Phi) is 2.81. The van der Waals surface area contributed by atoms with Crippen LogP contribution in [0.15, 0.2) is 0 Å². The molecule has 0 spiro atoms. The van der Waals surface area contributed by atoms with Crippen LogP contribution < -0.4 is 5.73 Å². The summed E-state index contributed by atoms with van der Waals surface area (Å²) < 4.78 is 22.9. The zero-order chi connectivity index (χ0) is 11.2. The molecule has 0 amide bonds. The van der Waals surface area contributed by atoms with Crippen LogP contribution in [0.1, 0.15) is 19.8 Å². The minimum Gasteiger partial charge on any atom is -0.325 e. The second-order valence-electron chi connectivity index (χ2n) is 5.05. The van der Waals surface area contributed by atoms with Gasteiger partial charge in [0.05, 0.1) is 11.5 Å². The molecule has 1 heterocycles. The predicted molar refractivity (Wildman–Crippen MR) is 60.4 cm³/mol. The van der Waals surface area contributed by atoms with Crippen molar-refractivity contribution < 1.29 is 8.42 Å². The Labute approximate surface area is 91.7 Å². The van der Waals surface area contributed by atoms with Crippen LogP contribution >= 0.6 is 0 Å². The van der Waals surface area contributed by atoms with Crippen molar-refractivity contribution in [3.63, 3.8) is 0 Å². The van der Waals surface area contributed by atoms with Crippen LogP contribution in [0, 0.1) is 5.92 Å². The van der Waals surface area contributed by atoms with Crippen LogP contribution in [0.4, 0.5) is 0 Å². The number of nitrogens with zero attached hydrogens (tertiary/aromatic N) is 1. The molecule has 2 fully saturated rings. The van der Waals surface area contributed by atoms with E-state index in [1.165, 1.54) is 12.8 Å². The molecule has 3 atom stereocenters. The van der Waals surface area contributed by atoms with Gasteiger partial charge in [-0.2, -0.15) is 0 Å². The zero-order valence-corrected chi connectivity index (χ0v) is 10.2. The van der Waals surface area contributed by atoms with E-state index >= 15 is 0 Å². The van der Waals surface area contributed by atoms with Crippen molar-refractivity contribution in [1.82, 2.24) is 4.90 Å². The molecule has 15 heavy (non-hydrogen) atoms. The summed E-state index contributed by atoms with van der Waals surface area (Å²) in [5.74, 6) is 1.15. The van der Waals surface area contributed by atoms with Gasteiger partial charge in [0.15, 0.2) is 9.84 Å². The number of likely N-dealkylation sites (N-methyl/N-ethyl adjacent to an activating group) is 1. The lowest BCUT2D eigenvalue weighted by molar-refractivity contribution is 0.169. The normalized spacial score (nSPS) is 37.1. The highest BCUT2D eigenvalue weighted by Crippen LogP contribution is 2.36. The smallest absolute Gasteiger partial charge is 0.153 e. The van der Waals surface area contributed by atoms with E-state index in [1.54, 1.807) is 0 Å². The van der Waals surface area contributed by atoms with Gasteiger partial charge in [-0.25, -0.2) is 8.42 Å². The van der Waals surface area contributed by atoms with Crippen molar-refractivity contribution >= 4 is 9.84 Å². The summed E-state index contributed by atoms with van der Waals surface area (Å²) in [5.41, 5.74) is 5.89. The minimum absolute atomic E-state index is 0.0191. The Hall–Kier alpha value is -0.130. The summed E-state index contributed by atoms with van der Waals surface area (Å²) in [7, 11) is -0.887. The Morgan fingerprint density at radius 3 is 2.33 bits per heavy atom. The second kappa shape index (κ2) is 3.71. The molecule has 2 rings (SSSR count). The number of nitrogens with two attached hydrogens (primary N) is 1. The summed E-state index contributed by atoms with van der Waals surface area (Å²) in [4.78, 5) is 2.17. The summed E-state index contributed by atoms with van der Waals surface area (Å²) >= 11 is 0. The van der Waals surface area contributed by atoms with Crippen molar-refractivity contribution in [3.05, 3.63) is 0 Å². The molecule has 2 N–H and O–H groups in total. The lowest BCUT2D eigenvalue weighted by Crippen LogP contribution is -2.49. The van der Waals surface area contributed by atoms with E-state index in [9.17, 15) is 8.42 Å². The van der Waals surface area contributed by atoms with Crippen molar-refractivity contribution in [2.75, 3.05) is 18.6 Å². The van der Waals surface area contributed by atoms with Crippen LogP contribution in [0.2, 0.25) is 0 Å². The minimum atomic E-state index is -2.90. The van der Waals surface area contributed by atoms with Crippen LogP contribution in [-0.2, 0) is 9.84 Å². The molecule has 0 radical (unpaired) electrons. The van der Waals surface area contributed by atoms with Gasteiger partial charge in [-0.1, -0.05) is 0 Å². The van der Waals surface area contributed by atoms with Crippen molar-refractivity contribution in [1.29, 1.82) is 0 Å². The van der Waals surface area contributed by atoms with Gasteiger partial charge in [0.25, 0.3) is 0 Å². The molecule has 0 aromatic carbocycles. The van der Waals surface area contributed by atoms with Crippen LogP contribution in [0.3, 0.4) is 0 Å². The first-order valence-electron chi connectivity index (χ1n) is 5.58. The van der Waals surface area contributed by atoms with Gasteiger partial charge in [-0.05, 0) is 32.7 Å². The van der Waals surface area contributed by atoms with Crippen LogP contribution in [0.25, 0.3) is 0 Å². The maximum Gasteiger partial charge on any atom is 0.153 e. The summed E-state index contributed by atoms with van der Waals surface area (Å²) in [5, 5.41) is 0. The maximum absolute atomic E-state index is 11.5. The Morgan fingerprint density at radius 1 is 1.33 bits per heavy atom. The lowest BCUT2D eigenvalue weighted by Gasteiger charge is -2.32. The third-order valence-corrected chi connectivity index (χ3v) is 5.58. The van der Waals surface area contributed by atoms with Crippen molar-refractivity contribution in [2.45, 2.75) is 37.9 Å². The van der Waals surface area contributed by atoms with E-state index in [-0.39, 0.29) is 23.6 Å². The number of rotatable bonds is 3. The second-order valence-corrected chi connectivity index (χ2v) is 7.21. The Morgan fingerprint density at radius 2 is 1.93 bits per heavy atom. The van der Waals surface area contributed by atoms with Gasteiger partial charge in [-0.15, -0.1) is 0 Å². The highest BCUT2D eigenvalue weighted by molar-refractivity contribution is 7.91. The first kappa shape index (κ1) is 11.4. The Bertz CT molecular complexity index is 337. The van der Waals surface area contributed by atoms with Gasteiger partial charge in [0, 0.05) is 18.1 Å². The number of hydrogen-bond acceptors (Lipinski definition) is 4. The maximum atomic E-state index is 11.5. The standard InChI is InChI=1S/C10H20N2O2S/c1-7(8-3-4-8)12(2)10-6-15(13,14)5-9(10)11/h7-10H,3-6,11H2,1-2H3. The number of sulfone groups is 1. The summed E-state index contributed by atoms with van der Waals surface area (Å²) in [6.07, 6.45) is 2.56. The first-order valence-corrected chi connectivity index (χ1v) is 7.41. The molecule has 4 nitrogen and oxygen atoms in total. The lowest BCUT2D eigenvalue weighted by atomic mass is 10.1. The fourth-order valence-corrected chi connectivity index (χ4v) is 4.44. The van der Waals surface area contributed by atoms with Gasteiger partial charge in [-0.3, -0.25) is 4.90 Å². The fourth-order valence-electron chi connectivity index (χ4n) is 2.49. The van der Waals surface area contributed by atoms with Gasteiger partial charge < -0.3 is 5.73 Å². The van der Waals surface area contributed by atoms with Gasteiger partial charge in [0.2, 0.25) is 0 Å². The highest BCUT2D eigenvalue weighted by Gasteiger charge is 2.41. The molecule has 5 heteroatoms. The van der Waals surface area contributed by atoms with Crippen molar-refractivity contribution in [2.24, 2.45) is 11.7 Å². The average Bonchev–Trinajstić information content (AvgIpc) is 2.90. The third kappa shape index (κ3) is 2.34. The third-order valence-electron chi connectivity index (χ3n) is 3.84. The molecule has 2 aliphatic rings. The van der Waals surface area contributed by atoms with Gasteiger partial charge in [0.1, 0.15) is 0 Å². The van der Waals surface area contributed by atoms with Gasteiger partial charge >= 0.3 is 0 Å². The summed E-state index contributed by atoms with van der Waals surface area (Å²) in [6, 6.07) is 0.279. The average molecular weight is 232 g/mol. The molecule has 3 unspecified atom stereocenters. The molecular formula is C10H20N2O2S. The molecule has 1 aliphatic heterocycles. The molecule has 1 saturated heterocycles. The SMILES string of the molecule is CC(C1CC1)N(C)C1CS(=O)(=O)CC1N. The van der Waals surface area contributed by atoms with E-state index in [4.69, 9.17) is 5.73 Å². The highest BCUT2D eigenvalue weighted by atomic mass is 32.2. The molecule has 0 aromatic rings. The molecule has 0 aromatic heterocycles. The number of hydrogen-bond donors (Lipinski definition) is 1.